The summed E-state index contributed by atoms with van der Waals surface area (Å²) in [5.74, 6) is -0.387. The van der Waals surface area contributed by atoms with Crippen molar-refractivity contribution in [1.29, 1.82) is 0 Å². The van der Waals surface area contributed by atoms with E-state index < -0.39 is 17.7 Å². The van der Waals surface area contributed by atoms with Gasteiger partial charge in [-0.25, -0.2) is 9.18 Å². The highest BCUT2D eigenvalue weighted by Crippen LogP contribution is 2.46. The molecule has 0 saturated carbocycles. The fraction of sp³-hybridized carbons (Fsp3) is 0.500. The molecule has 6 nitrogen and oxygen atoms in total. The number of benzene rings is 2. The lowest BCUT2D eigenvalue weighted by molar-refractivity contribution is -0.160. The van der Waals surface area contributed by atoms with E-state index in [0.29, 0.717) is 11.3 Å². The third-order valence-electron chi connectivity index (χ3n) is 8.73. The van der Waals surface area contributed by atoms with Crippen molar-refractivity contribution in [3.8, 4) is 16.9 Å². The first-order valence-electron chi connectivity index (χ1n) is 15.4. The van der Waals surface area contributed by atoms with Gasteiger partial charge < -0.3 is 19.5 Å². The van der Waals surface area contributed by atoms with Gasteiger partial charge in [0.25, 0.3) is 0 Å². The van der Waals surface area contributed by atoms with Crippen LogP contribution in [0, 0.1) is 25.1 Å². The number of piperidine rings is 1. The highest BCUT2D eigenvalue weighted by Gasteiger charge is 2.36. The van der Waals surface area contributed by atoms with Gasteiger partial charge in [-0.1, -0.05) is 32.0 Å². The summed E-state index contributed by atoms with van der Waals surface area (Å²) in [6.45, 7) is 15.8. The minimum absolute atomic E-state index is 0.0244. The predicted molar refractivity (Wildman–Crippen MR) is 168 cm³/mol. The van der Waals surface area contributed by atoms with Crippen LogP contribution in [0.2, 0.25) is 0 Å². The quantitative estimate of drug-likeness (QED) is 0.302. The van der Waals surface area contributed by atoms with Crippen molar-refractivity contribution in [2.45, 2.75) is 98.4 Å². The number of halogens is 1. The van der Waals surface area contributed by atoms with Crippen LogP contribution in [0.15, 0.2) is 42.5 Å². The Hall–Kier alpha value is -3.45. The first kappa shape index (κ1) is 31.0. The number of nitrogens with zero attached hydrogens (tertiary/aromatic N) is 2. The highest BCUT2D eigenvalue weighted by molar-refractivity contribution is 5.88. The molecule has 0 aliphatic carbocycles. The van der Waals surface area contributed by atoms with Crippen LogP contribution in [0.3, 0.4) is 0 Å². The Labute approximate surface area is 255 Å². The summed E-state index contributed by atoms with van der Waals surface area (Å²) in [6.07, 6.45) is 3.35. The number of aliphatic carboxylic acids is 1. The SMILES string of the molecule is Cc1nc(C)c(C(OC(C)(C)C)C(=O)O)c(N2CCC(C)(C)CC2)c1-c1ccc2c(c1)CCC(Cc1ccc(F)cc1)O2. The van der Waals surface area contributed by atoms with Crippen LogP contribution in [0.1, 0.15) is 88.1 Å². The maximum atomic E-state index is 13.4. The van der Waals surface area contributed by atoms with Crippen molar-refractivity contribution >= 4 is 11.7 Å². The molecule has 43 heavy (non-hydrogen) atoms. The van der Waals surface area contributed by atoms with Gasteiger partial charge in [0.2, 0.25) is 0 Å². The summed E-state index contributed by atoms with van der Waals surface area (Å²) in [5.41, 5.74) is 6.82. The first-order chi connectivity index (χ1) is 20.2. The number of anilines is 1. The van der Waals surface area contributed by atoms with E-state index in [4.69, 9.17) is 14.5 Å². The van der Waals surface area contributed by atoms with Crippen LogP contribution in [-0.2, 0) is 22.4 Å². The Kier molecular flexibility index (Phi) is 8.59. The summed E-state index contributed by atoms with van der Waals surface area (Å²) in [5, 5.41) is 10.4. The van der Waals surface area contributed by atoms with Gasteiger partial charge in [0.05, 0.1) is 11.3 Å². The molecule has 1 saturated heterocycles. The highest BCUT2D eigenvalue weighted by atomic mass is 19.1. The maximum Gasteiger partial charge on any atom is 0.337 e. The Balaban J connectivity index is 1.56. The van der Waals surface area contributed by atoms with Crippen molar-refractivity contribution in [2.75, 3.05) is 18.0 Å². The predicted octanol–water partition coefficient (Wildman–Crippen LogP) is 8.01. The zero-order valence-electron chi connectivity index (χ0n) is 26.6. The lowest BCUT2D eigenvalue weighted by Gasteiger charge is -2.41. The number of carbonyl (C=O) groups is 1. The van der Waals surface area contributed by atoms with Crippen LogP contribution in [0.5, 0.6) is 5.75 Å². The molecule has 3 heterocycles. The summed E-state index contributed by atoms with van der Waals surface area (Å²) in [6, 6.07) is 12.9. The molecule has 0 spiro atoms. The number of fused-ring (bicyclic) bond motifs is 1. The van der Waals surface area contributed by atoms with Crippen LogP contribution in [0.25, 0.3) is 11.1 Å². The summed E-state index contributed by atoms with van der Waals surface area (Å²) >= 11 is 0. The molecule has 0 bridgehead atoms. The zero-order chi connectivity index (χ0) is 31.1. The van der Waals surface area contributed by atoms with Crippen molar-refractivity contribution in [3.05, 3.63) is 76.4 Å². The Bertz CT molecular complexity index is 1480. The molecule has 2 unspecified atom stereocenters. The Morgan fingerprint density at radius 2 is 1.79 bits per heavy atom. The number of pyridine rings is 1. The van der Waals surface area contributed by atoms with Gasteiger partial charge in [0.15, 0.2) is 6.10 Å². The molecule has 7 heteroatoms. The molecule has 1 N–H and O–H groups in total. The van der Waals surface area contributed by atoms with Crippen molar-refractivity contribution in [3.63, 3.8) is 0 Å². The van der Waals surface area contributed by atoms with E-state index in [1.54, 1.807) is 0 Å². The van der Waals surface area contributed by atoms with Gasteiger partial charge >= 0.3 is 5.97 Å². The second-order valence-electron chi connectivity index (χ2n) is 14.0. The van der Waals surface area contributed by atoms with E-state index in [0.717, 1.165) is 84.6 Å². The molecule has 5 rings (SSSR count). The molecular formula is C36H45FN2O4. The van der Waals surface area contributed by atoms with E-state index in [-0.39, 0.29) is 17.3 Å². The molecular weight excluding hydrogens is 543 g/mol. The summed E-state index contributed by atoms with van der Waals surface area (Å²) in [4.78, 5) is 20.0. The summed E-state index contributed by atoms with van der Waals surface area (Å²) in [7, 11) is 0. The number of hydrogen-bond donors (Lipinski definition) is 1. The molecule has 1 aromatic heterocycles. The standard InChI is InChI=1S/C36H45FN2O4/c1-22-30(26-11-15-29-25(21-26)10-14-28(42-29)20-24-8-12-27(37)13-9-24)32(39-18-16-36(6,7)17-19-39)31(23(2)38-22)33(34(40)41)43-35(3,4)5/h8-9,11-13,15,21,28,33H,10,14,16-20H2,1-7H3,(H,40,41). The molecule has 3 aromatic rings. The van der Waals surface area contributed by atoms with Crippen molar-refractivity contribution in [1.82, 2.24) is 4.98 Å². The Morgan fingerprint density at radius 3 is 2.42 bits per heavy atom. The number of hydrogen-bond acceptors (Lipinski definition) is 5. The third kappa shape index (κ3) is 7.04. The minimum atomic E-state index is -1.15. The smallest absolute Gasteiger partial charge is 0.337 e. The average Bonchev–Trinajstić information content (AvgIpc) is 2.92. The van der Waals surface area contributed by atoms with Gasteiger partial charge in [-0.3, -0.25) is 4.98 Å². The third-order valence-corrected chi connectivity index (χ3v) is 8.73. The maximum absolute atomic E-state index is 13.4. The zero-order valence-corrected chi connectivity index (χ0v) is 26.6. The lowest BCUT2D eigenvalue weighted by atomic mass is 9.81. The van der Waals surface area contributed by atoms with Crippen LogP contribution in [0.4, 0.5) is 10.1 Å². The fourth-order valence-electron chi connectivity index (χ4n) is 6.38. The Morgan fingerprint density at radius 1 is 1.12 bits per heavy atom. The average molecular weight is 589 g/mol. The van der Waals surface area contributed by atoms with Crippen molar-refractivity contribution < 1.29 is 23.8 Å². The van der Waals surface area contributed by atoms with E-state index >= 15 is 0 Å². The van der Waals surface area contributed by atoms with E-state index in [1.165, 1.54) is 12.1 Å². The van der Waals surface area contributed by atoms with E-state index in [9.17, 15) is 14.3 Å². The van der Waals surface area contributed by atoms with Gasteiger partial charge in [-0.2, -0.15) is 0 Å². The number of ether oxygens (including phenoxy) is 2. The second kappa shape index (κ2) is 11.9. The summed E-state index contributed by atoms with van der Waals surface area (Å²) < 4.78 is 26.0. The molecule has 0 amide bonds. The number of carboxylic acids is 1. The largest absolute Gasteiger partial charge is 0.490 e. The van der Waals surface area contributed by atoms with Gasteiger partial charge in [0, 0.05) is 42.0 Å². The molecule has 2 aromatic carbocycles. The number of rotatable bonds is 7. The van der Waals surface area contributed by atoms with Crippen LogP contribution in [-0.4, -0.2) is 40.9 Å². The van der Waals surface area contributed by atoms with Gasteiger partial charge in [0.1, 0.15) is 17.7 Å². The molecule has 0 radical (unpaired) electrons. The topological polar surface area (TPSA) is 71.9 Å². The van der Waals surface area contributed by atoms with Crippen LogP contribution < -0.4 is 9.64 Å². The number of aryl methyl sites for hydroxylation is 3. The molecule has 2 aliphatic rings. The van der Waals surface area contributed by atoms with E-state index in [1.807, 2.05) is 52.8 Å². The first-order valence-corrected chi connectivity index (χ1v) is 15.4. The van der Waals surface area contributed by atoms with Gasteiger partial charge in [-0.15, -0.1) is 0 Å². The van der Waals surface area contributed by atoms with Gasteiger partial charge in [-0.05, 0) is 107 Å². The molecule has 230 valence electrons. The molecule has 1 fully saturated rings. The van der Waals surface area contributed by atoms with E-state index in [2.05, 4.69) is 30.9 Å². The number of aromatic nitrogens is 1. The molecule has 2 atom stereocenters. The van der Waals surface area contributed by atoms with Crippen molar-refractivity contribution in [2.24, 2.45) is 5.41 Å². The number of carboxylic acid groups (broad SMARTS) is 1. The molecule has 2 aliphatic heterocycles. The minimum Gasteiger partial charge on any atom is -0.490 e. The fourth-order valence-corrected chi connectivity index (χ4v) is 6.38. The monoisotopic (exact) mass is 588 g/mol. The van der Waals surface area contributed by atoms with Crippen LogP contribution >= 0.6 is 0 Å². The normalized spacial score (nSPS) is 19.0. The second-order valence-corrected chi connectivity index (χ2v) is 14.0. The lowest BCUT2D eigenvalue weighted by Crippen LogP contribution is -2.39.